The van der Waals surface area contributed by atoms with Crippen molar-refractivity contribution in [2.45, 2.75) is 46.1 Å². The number of nitrogens with one attached hydrogen (secondary N) is 1. The smallest absolute Gasteiger partial charge is 0.224 e. The van der Waals surface area contributed by atoms with Crippen LogP contribution in [0.1, 0.15) is 38.3 Å². The molecule has 0 unspecified atom stereocenters. The number of amides is 1. The molecule has 0 aliphatic heterocycles. The Balaban J connectivity index is 2.18. The molecule has 0 spiro atoms. The van der Waals surface area contributed by atoms with Crippen molar-refractivity contribution in [3.63, 3.8) is 0 Å². The average molecular weight is 259 g/mol. The van der Waals surface area contributed by atoms with Gasteiger partial charge in [-0.25, -0.2) is 0 Å². The Morgan fingerprint density at radius 3 is 2.84 bits per heavy atom. The minimum absolute atomic E-state index is 0.0546. The highest BCUT2D eigenvalue weighted by atomic mass is 16.3. The molecule has 0 saturated heterocycles. The van der Waals surface area contributed by atoms with E-state index in [1.807, 2.05) is 13.0 Å². The highest BCUT2D eigenvalue weighted by molar-refractivity contribution is 5.88. The number of carbonyl (C=O) groups is 1. The van der Waals surface area contributed by atoms with Gasteiger partial charge in [0.25, 0.3) is 0 Å². The Labute approximate surface area is 114 Å². The third kappa shape index (κ3) is 3.16. The van der Waals surface area contributed by atoms with E-state index in [0.29, 0.717) is 6.42 Å². The normalized spacial score (nSPS) is 12.6. The fourth-order valence-corrected chi connectivity index (χ4v) is 2.09. The molecular formula is C16H21NO2. The van der Waals surface area contributed by atoms with E-state index in [0.717, 1.165) is 29.4 Å². The van der Waals surface area contributed by atoms with Crippen molar-refractivity contribution in [2.75, 3.05) is 0 Å². The lowest BCUT2D eigenvalue weighted by atomic mass is 10.1. The lowest BCUT2D eigenvalue weighted by Gasteiger charge is -2.10. The number of hydrogen-bond donors (Lipinski definition) is 1. The number of furan rings is 1. The lowest BCUT2D eigenvalue weighted by molar-refractivity contribution is -0.121. The van der Waals surface area contributed by atoms with E-state index in [9.17, 15) is 4.79 Å². The SMILES string of the molecule is CCc1ccc2occ(CC(=O)N[C@@H](C)CC)c2c1. The summed E-state index contributed by atoms with van der Waals surface area (Å²) in [5.41, 5.74) is 3.08. The number of fused-ring (bicyclic) bond motifs is 1. The molecule has 1 aromatic carbocycles. The fraction of sp³-hybridized carbons (Fsp3) is 0.438. The van der Waals surface area contributed by atoms with Gasteiger partial charge in [0.15, 0.2) is 0 Å². The minimum atomic E-state index is 0.0546. The van der Waals surface area contributed by atoms with Crippen LogP contribution >= 0.6 is 0 Å². The van der Waals surface area contributed by atoms with E-state index in [4.69, 9.17) is 4.42 Å². The molecule has 19 heavy (non-hydrogen) atoms. The van der Waals surface area contributed by atoms with Crippen molar-refractivity contribution < 1.29 is 9.21 Å². The van der Waals surface area contributed by atoms with Crippen LogP contribution in [-0.4, -0.2) is 11.9 Å². The fourth-order valence-electron chi connectivity index (χ4n) is 2.09. The number of benzene rings is 1. The van der Waals surface area contributed by atoms with Crippen LogP contribution < -0.4 is 5.32 Å². The molecule has 0 fully saturated rings. The van der Waals surface area contributed by atoms with Gasteiger partial charge in [-0.15, -0.1) is 0 Å². The zero-order valence-corrected chi connectivity index (χ0v) is 11.8. The average Bonchev–Trinajstić information content (AvgIpc) is 2.80. The van der Waals surface area contributed by atoms with Crippen LogP contribution in [0, 0.1) is 0 Å². The molecule has 1 aromatic heterocycles. The van der Waals surface area contributed by atoms with Crippen LogP contribution in [0.3, 0.4) is 0 Å². The molecule has 2 rings (SSSR count). The van der Waals surface area contributed by atoms with E-state index >= 15 is 0 Å². The first kappa shape index (κ1) is 13.7. The Morgan fingerprint density at radius 1 is 1.37 bits per heavy atom. The van der Waals surface area contributed by atoms with Gasteiger partial charge in [-0.2, -0.15) is 0 Å². The maximum atomic E-state index is 11.9. The maximum Gasteiger partial charge on any atom is 0.224 e. The lowest BCUT2D eigenvalue weighted by Crippen LogP contribution is -2.33. The zero-order chi connectivity index (χ0) is 13.8. The molecule has 1 N–H and O–H groups in total. The molecule has 2 aromatic rings. The third-order valence-corrected chi connectivity index (χ3v) is 3.50. The quantitative estimate of drug-likeness (QED) is 0.893. The molecule has 102 valence electrons. The molecule has 0 bridgehead atoms. The van der Waals surface area contributed by atoms with Gasteiger partial charge in [-0.1, -0.05) is 19.9 Å². The molecule has 3 heteroatoms. The van der Waals surface area contributed by atoms with E-state index in [-0.39, 0.29) is 11.9 Å². The summed E-state index contributed by atoms with van der Waals surface area (Å²) < 4.78 is 5.50. The Bertz CT molecular complexity index is 571. The van der Waals surface area contributed by atoms with Crippen molar-refractivity contribution in [3.8, 4) is 0 Å². The van der Waals surface area contributed by atoms with E-state index in [1.165, 1.54) is 5.56 Å². The van der Waals surface area contributed by atoms with Gasteiger partial charge in [0.1, 0.15) is 5.58 Å². The summed E-state index contributed by atoms with van der Waals surface area (Å²) in [7, 11) is 0. The summed E-state index contributed by atoms with van der Waals surface area (Å²) in [6.45, 7) is 6.20. The van der Waals surface area contributed by atoms with Gasteiger partial charge in [0.2, 0.25) is 5.91 Å². The second-order valence-electron chi connectivity index (χ2n) is 5.00. The van der Waals surface area contributed by atoms with Gasteiger partial charge in [0.05, 0.1) is 12.7 Å². The highest BCUT2D eigenvalue weighted by Gasteiger charge is 2.12. The first-order chi connectivity index (χ1) is 9.13. The molecule has 0 aliphatic carbocycles. The summed E-state index contributed by atoms with van der Waals surface area (Å²) in [5.74, 6) is 0.0546. The van der Waals surface area contributed by atoms with Crippen molar-refractivity contribution in [3.05, 3.63) is 35.6 Å². The van der Waals surface area contributed by atoms with Gasteiger partial charge >= 0.3 is 0 Å². The zero-order valence-electron chi connectivity index (χ0n) is 11.8. The van der Waals surface area contributed by atoms with Gasteiger partial charge < -0.3 is 9.73 Å². The first-order valence-corrected chi connectivity index (χ1v) is 6.92. The van der Waals surface area contributed by atoms with Crippen LogP contribution in [0.15, 0.2) is 28.9 Å². The van der Waals surface area contributed by atoms with E-state index < -0.39 is 0 Å². The number of rotatable bonds is 5. The van der Waals surface area contributed by atoms with Gasteiger partial charge in [0, 0.05) is 17.0 Å². The summed E-state index contributed by atoms with van der Waals surface area (Å²) in [6, 6.07) is 6.38. The van der Waals surface area contributed by atoms with Crippen LogP contribution in [0.4, 0.5) is 0 Å². The number of aryl methyl sites for hydroxylation is 1. The predicted octanol–water partition coefficient (Wildman–Crippen LogP) is 3.45. The van der Waals surface area contributed by atoms with Crippen LogP contribution in [0.2, 0.25) is 0 Å². The second kappa shape index (κ2) is 5.91. The molecule has 0 aliphatic rings. The van der Waals surface area contributed by atoms with Crippen molar-refractivity contribution in [1.29, 1.82) is 0 Å². The maximum absolute atomic E-state index is 11.9. The number of hydrogen-bond acceptors (Lipinski definition) is 2. The third-order valence-electron chi connectivity index (χ3n) is 3.50. The Kier molecular flexibility index (Phi) is 4.25. The number of carbonyl (C=O) groups excluding carboxylic acids is 1. The molecule has 3 nitrogen and oxygen atoms in total. The topological polar surface area (TPSA) is 42.2 Å². The molecular weight excluding hydrogens is 238 g/mol. The van der Waals surface area contributed by atoms with Crippen LogP contribution in [-0.2, 0) is 17.6 Å². The molecule has 1 atom stereocenters. The minimum Gasteiger partial charge on any atom is -0.464 e. The summed E-state index contributed by atoms with van der Waals surface area (Å²) in [4.78, 5) is 11.9. The van der Waals surface area contributed by atoms with Crippen LogP contribution in [0.25, 0.3) is 11.0 Å². The Hall–Kier alpha value is -1.77. The van der Waals surface area contributed by atoms with Crippen molar-refractivity contribution >= 4 is 16.9 Å². The molecule has 1 heterocycles. The predicted molar refractivity (Wildman–Crippen MR) is 77.2 cm³/mol. The summed E-state index contributed by atoms with van der Waals surface area (Å²) in [6.07, 6.45) is 4.00. The van der Waals surface area contributed by atoms with E-state index in [1.54, 1.807) is 6.26 Å². The molecule has 1 amide bonds. The monoisotopic (exact) mass is 259 g/mol. The van der Waals surface area contributed by atoms with Crippen LogP contribution in [0.5, 0.6) is 0 Å². The molecule has 0 radical (unpaired) electrons. The highest BCUT2D eigenvalue weighted by Crippen LogP contribution is 2.23. The largest absolute Gasteiger partial charge is 0.464 e. The second-order valence-corrected chi connectivity index (χ2v) is 5.00. The van der Waals surface area contributed by atoms with Gasteiger partial charge in [-0.3, -0.25) is 4.79 Å². The van der Waals surface area contributed by atoms with Crippen molar-refractivity contribution in [1.82, 2.24) is 5.32 Å². The molecule has 0 saturated carbocycles. The summed E-state index contributed by atoms with van der Waals surface area (Å²) in [5, 5.41) is 4.03. The standard InChI is InChI=1S/C16H21NO2/c1-4-11(3)17-16(18)9-13-10-19-15-7-6-12(5-2)8-14(13)15/h6-8,10-11H,4-5,9H2,1-3H3,(H,17,18)/t11-/m0/s1. The first-order valence-electron chi connectivity index (χ1n) is 6.92. The van der Waals surface area contributed by atoms with Gasteiger partial charge in [-0.05, 0) is 37.5 Å². The Morgan fingerprint density at radius 2 is 2.16 bits per heavy atom. The van der Waals surface area contributed by atoms with E-state index in [2.05, 4.69) is 31.3 Å². The summed E-state index contributed by atoms with van der Waals surface area (Å²) >= 11 is 0. The van der Waals surface area contributed by atoms with Crippen molar-refractivity contribution in [2.24, 2.45) is 0 Å².